The highest BCUT2D eigenvalue weighted by atomic mass is 16.5. The first-order valence-electron chi connectivity index (χ1n) is 6.47. The molecule has 1 aromatic carbocycles. The molecule has 0 aliphatic carbocycles. The van der Waals surface area contributed by atoms with Crippen molar-refractivity contribution < 1.29 is 9.47 Å². The van der Waals surface area contributed by atoms with Gasteiger partial charge in [0.25, 0.3) is 0 Å². The normalized spacial score (nSPS) is 12.2. The molecule has 1 unspecified atom stereocenters. The number of ether oxygens (including phenoxy) is 2. The van der Waals surface area contributed by atoms with Crippen molar-refractivity contribution in [2.45, 2.75) is 19.6 Å². The lowest BCUT2D eigenvalue weighted by Crippen LogP contribution is -2.14. The fourth-order valence-corrected chi connectivity index (χ4v) is 1.89. The van der Waals surface area contributed by atoms with E-state index in [9.17, 15) is 0 Å². The van der Waals surface area contributed by atoms with Gasteiger partial charge in [-0.1, -0.05) is 11.3 Å². The van der Waals surface area contributed by atoms with Crippen LogP contribution in [0, 0.1) is 0 Å². The van der Waals surface area contributed by atoms with Gasteiger partial charge in [0, 0.05) is 24.7 Å². The molecule has 0 radical (unpaired) electrons. The minimum Gasteiger partial charge on any atom is -0.497 e. The molecule has 0 aliphatic rings. The molecule has 6 nitrogen and oxygen atoms in total. The summed E-state index contributed by atoms with van der Waals surface area (Å²) in [4.78, 5) is 0. The second-order valence-electron chi connectivity index (χ2n) is 4.59. The van der Waals surface area contributed by atoms with Crippen LogP contribution in [-0.4, -0.2) is 29.2 Å². The van der Waals surface area contributed by atoms with Crippen LogP contribution >= 0.6 is 0 Å². The van der Waals surface area contributed by atoms with E-state index in [1.54, 1.807) is 11.8 Å². The fourth-order valence-electron chi connectivity index (χ4n) is 1.89. The van der Waals surface area contributed by atoms with E-state index < -0.39 is 0 Å². The minimum absolute atomic E-state index is 0.192. The van der Waals surface area contributed by atoms with Gasteiger partial charge in [-0.2, -0.15) is 0 Å². The van der Waals surface area contributed by atoms with Crippen LogP contribution in [-0.2, 0) is 13.7 Å². The van der Waals surface area contributed by atoms with Crippen LogP contribution in [0.2, 0.25) is 0 Å². The largest absolute Gasteiger partial charge is 0.497 e. The highest BCUT2D eigenvalue weighted by Crippen LogP contribution is 2.29. The standard InChI is InChI=1S/C14H20N4O2/c1-10(15-2)13-6-5-12(19-4)7-14(13)20-9-11-8-18(3)17-16-11/h5-8,10,15H,9H2,1-4H3. The Hall–Kier alpha value is -2.08. The number of methoxy groups -OCH3 is 1. The first-order valence-corrected chi connectivity index (χ1v) is 6.47. The summed E-state index contributed by atoms with van der Waals surface area (Å²) in [5, 5.41) is 11.1. The summed E-state index contributed by atoms with van der Waals surface area (Å²) in [7, 11) is 5.39. The lowest BCUT2D eigenvalue weighted by atomic mass is 10.1. The summed E-state index contributed by atoms with van der Waals surface area (Å²) in [5.74, 6) is 1.56. The van der Waals surface area contributed by atoms with E-state index in [2.05, 4.69) is 22.6 Å². The van der Waals surface area contributed by atoms with Crippen molar-refractivity contribution in [2.24, 2.45) is 7.05 Å². The maximum atomic E-state index is 5.87. The molecule has 20 heavy (non-hydrogen) atoms. The van der Waals surface area contributed by atoms with E-state index in [1.807, 2.05) is 38.5 Å². The Morgan fingerprint density at radius 1 is 1.40 bits per heavy atom. The Labute approximate surface area is 118 Å². The maximum Gasteiger partial charge on any atom is 0.134 e. The summed E-state index contributed by atoms with van der Waals surface area (Å²) < 4.78 is 12.8. The summed E-state index contributed by atoms with van der Waals surface area (Å²) >= 11 is 0. The molecular formula is C14H20N4O2. The quantitative estimate of drug-likeness (QED) is 0.870. The van der Waals surface area contributed by atoms with Crippen molar-refractivity contribution in [3.63, 3.8) is 0 Å². The van der Waals surface area contributed by atoms with Crippen LogP contribution in [0.5, 0.6) is 11.5 Å². The van der Waals surface area contributed by atoms with Crippen molar-refractivity contribution in [3.05, 3.63) is 35.7 Å². The zero-order chi connectivity index (χ0) is 14.5. The van der Waals surface area contributed by atoms with E-state index in [4.69, 9.17) is 9.47 Å². The van der Waals surface area contributed by atoms with Gasteiger partial charge in [-0.15, -0.1) is 5.10 Å². The van der Waals surface area contributed by atoms with Gasteiger partial charge in [0.1, 0.15) is 23.8 Å². The minimum atomic E-state index is 0.192. The summed E-state index contributed by atoms with van der Waals surface area (Å²) in [6.45, 7) is 2.46. The van der Waals surface area contributed by atoms with Gasteiger partial charge in [0.05, 0.1) is 13.3 Å². The summed E-state index contributed by atoms with van der Waals surface area (Å²) in [6.07, 6.45) is 1.83. The van der Waals surface area contributed by atoms with E-state index >= 15 is 0 Å². The van der Waals surface area contributed by atoms with Gasteiger partial charge < -0.3 is 14.8 Å². The Kier molecular flexibility index (Phi) is 4.57. The van der Waals surface area contributed by atoms with Crippen molar-refractivity contribution in [1.82, 2.24) is 20.3 Å². The molecule has 1 heterocycles. The predicted molar refractivity (Wildman–Crippen MR) is 75.8 cm³/mol. The zero-order valence-corrected chi connectivity index (χ0v) is 12.3. The Bertz CT molecular complexity index is 568. The van der Waals surface area contributed by atoms with Crippen LogP contribution in [0.25, 0.3) is 0 Å². The average Bonchev–Trinajstić information content (AvgIpc) is 2.89. The molecule has 2 rings (SSSR count). The number of rotatable bonds is 6. The highest BCUT2D eigenvalue weighted by molar-refractivity contribution is 5.42. The van der Waals surface area contributed by atoms with Gasteiger partial charge in [0.15, 0.2) is 0 Å². The van der Waals surface area contributed by atoms with Crippen LogP contribution in [0.1, 0.15) is 24.2 Å². The third-order valence-corrected chi connectivity index (χ3v) is 3.15. The highest BCUT2D eigenvalue weighted by Gasteiger charge is 2.12. The van der Waals surface area contributed by atoms with Crippen molar-refractivity contribution in [2.75, 3.05) is 14.2 Å². The topological polar surface area (TPSA) is 61.2 Å². The van der Waals surface area contributed by atoms with Gasteiger partial charge in [-0.3, -0.25) is 4.68 Å². The number of hydrogen-bond acceptors (Lipinski definition) is 5. The molecule has 0 saturated heterocycles. The monoisotopic (exact) mass is 276 g/mol. The molecule has 1 N–H and O–H groups in total. The van der Waals surface area contributed by atoms with Gasteiger partial charge in [-0.05, 0) is 20.0 Å². The molecule has 0 spiro atoms. The van der Waals surface area contributed by atoms with E-state index in [-0.39, 0.29) is 6.04 Å². The van der Waals surface area contributed by atoms with Crippen LogP contribution in [0.15, 0.2) is 24.4 Å². The molecular weight excluding hydrogens is 256 g/mol. The number of hydrogen-bond donors (Lipinski definition) is 1. The van der Waals surface area contributed by atoms with E-state index in [1.165, 1.54) is 0 Å². The molecule has 1 aromatic heterocycles. The van der Waals surface area contributed by atoms with Crippen LogP contribution in [0.4, 0.5) is 0 Å². The lowest BCUT2D eigenvalue weighted by molar-refractivity contribution is 0.293. The molecule has 0 amide bonds. The molecule has 108 valence electrons. The van der Waals surface area contributed by atoms with Gasteiger partial charge in [0.2, 0.25) is 0 Å². The molecule has 0 bridgehead atoms. The summed E-state index contributed by atoms with van der Waals surface area (Å²) in [6, 6.07) is 6.02. The van der Waals surface area contributed by atoms with Gasteiger partial charge >= 0.3 is 0 Å². The predicted octanol–water partition coefficient (Wildman–Crippen LogP) is 1.68. The van der Waals surface area contributed by atoms with Crippen molar-refractivity contribution in [3.8, 4) is 11.5 Å². The SMILES string of the molecule is CNC(C)c1ccc(OC)cc1OCc1cn(C)nn1. The molecule has 6 heteroatoms. The second kappa shape index (κ2) is 6.38. The molecule has 1 atom stereocenters. The molecule has 0 fully saturated rings. The van der Waals surface area contributed by atoms with Crippen molar-refractivity contribution >= 4 is 0 Å². The Balaban J connectivity index is 2.18. The number of nitrogens with zero attached hydrogens (tertiary/aromatic N) is 3. The first-order chi connectivity index (χ1) is 9.63. The molecule has 0 saturated carbocycles. The van der Waals surface area contributed by atoms with E-state index in [0.29, 0.717) is 6.61 Å². The van der Waals surface area contributed by atoms with Crippen molar-refractivity contribution in [1.29, 1.82) is 0 Å². The first kappa shape index (κ1) is 14.3. The lowest BCUT2D eigenvalue weighted by Gasteiger charge is -2.17. The molecule has 2 aromatic rings. The maximum absolute atomic E-state index is 5.87. The van der Waals surface area contributed by atoms with Gasteiger partial charge in [-0.25, -0.2) is 0 Å². The second-order valence-corrected chi connectivity index (χ2v) is 4.59. The average molecular weight is 276 g/mol. The van der Waals surface area contributed by atoms with E-state index in [0.717, 1.165) is 22.8 Å². The number of aromatic nitrogens is 3. The summed E-state index contributed by atoms with van der Waals surface area (Å²) in [5.41, 5.74) is 1.87. The Morgan fingerprint density at radius 2 is 2.20 bits per heavy atom. The van der Waals surface area contributed by atoms with Crippen LogP contribution in [0.3, 0.4) is 0 Å². The number of aryl methyl sites for hydroxylation is 1. The fraction of sp³-hybridized carbons (Fsp3) is 0.429. The molecule has 0 aliphatic heterocycles. The zero-order valence-electron chi connectivity index (χ0n) is 12.3. The third-order valence-electron chi connectivity index (χ3n) is 3.15. The number of benzene rings is 1. The smallest absolute Gasteiger partial charge is 0.134 e. The Morgan fingerprint density at radius 3 is 2.80 bits per heavy atom. The van der Waals surface area contributed by atoms with Crippen LogP contribution < -0.4 is 14.8 Å². The number of nitrogens with one attached hydrogen (secondary N) is 1. The third kappa shape index (κ3) is 3.27.